The SMILES string of the molecule is Cc1csc(C(=O)NCc2ccccc2O)c1Cl. The van der Waals surface area contributed by atoms with Gasteiger partial charge in [0, 0.05) is 12.1 Å². The van der Waals surface area contributed by atoms with Gasteiger partial charge < -0.3 is 10.4 Å². The molecule has 0 radical (unpaired) electrons. The van der Waals surface area contributed by atoms with Crippen LogP contribution in [0.15, 0.2) is 29.6 Å². The number of phenols is 1. The van der Waals surface area contributed by atoms with Gasteiger partial charge in [-0.05, 0) is 23.9 Å². The minimum Gasteiger partial charge on any atom is -0.508 e. The maximum Gasteiger partial charge on any atom is 0.263 e. The summed E-state index contributed by atoms with van der Waals surface area (Å²) < 4.78 is 0. The fourth-order valence-electron chi connectivity index (χ4n) is 1.50. The number of nitrogens with one attached hydrogen (secondary N) is 1. The van der Waals surface area contributed by atoms with Crippen molar-refractivity contribution in [2.24, 2.45) is 0 Å². The Balaban J connectivity index is 2.05. The van der Waals surface area contributed by atoms with E-state index in [0.717, 1.165) is 5.56 Å². The number of aromatic hydroxyl groups is 1. The van der Waals surface area contributed by atoms with Crippen LogP contribution in [0.4, 0.5) is 0 Å². The van der Waals surface area contributed by atoms with E-state index in [1.54, 1.807) is 18.2 Å². The molecule has 0 aliphatic carbocycles. The van der Waals surface area contributed by atoms with Crippen molar-refractivity contribution in [3.63, 3.8) is 0 Å². The Morgan fingerprint density at radius 3 is 2.78 bits per heavy atom. The number of phenolic OH excluding ortho intramolecular Hbond substituents is 1. The van der Waals surface area contributed by atoms with Gasteiger partial charge in [-0.1, -0.05) is 29.8 Å². The van der Waals surface area contributed by atoms with Crippen molar-refractivity contribution in [2.75, 3.05) is 0 Å². The molecule has 0 unspecified atom stereocenters. The quantitative estimate of drug-likeness (QED) is 0.906. The average molecular weight is 282 g/mol. The lowest BCUT2D eigenvalue weighted by Gasteiger charge is -2.06. The number of carbonyl (C=O) groups is 1. The van der Waals surface area contributed by atoms with Gasteiger partial charge in [0.15, 0.2) is 0 Å². The summed E-state index contributed by atoms with van der Waals surface area (Å²) in [5.41, 5.74) is 1.57. The smallest absolute Gasteiger partial charge is 0.263 e. The zero-order valence-electron chi connectivity index (χ0n) is 9.74. The summed E-state index contributed by atoms with van der Waals surface area (Å²) in [5.74, 6) is -0.0485. The van der Waals surface area contributed by atoms with Gasteiger partial charge in [-0.3, -0.25) is 4.79 Å². The van der Waals surface area contributed by atoms with Crippen LogP contribution in [-0.2, 0) is 6.54 Å². The molecule has 0 spiro atoms. The number of hydrogen-bond acceptors (Lipinski definition) is 3. The molecule has 18 heavy (non-hydrogen) atoms. The van der Waals surface area contributed by atoms with Crippen LogP contribution in [0.1, 0.15) is 20.8 Å². The zero-order chi connectivity index (χ0) is 13.1. The van der Waals surface area contributed by atoms with E-state index < -0.39 is 0 Å². The number of carbonyl (C=O) groups excluding carboxylic acids is 1. The molecule has 2 aromatic rings. The van der Waals surface area contributed by atoms with E-state index in [9.17, 15) is 9.90 Å². The first-order valence-corrected chi connectivity index (χ1v) is 6.64. The number of para-hydroxylation sites is 1. The molecule has 1 aromatic carbocycles. The highest BCUT2D eigenvalue weighted by molar-refractivity contribution is 7.13. The van der Waals surface area contributed by atoms with Crippen molar-refractivity contribution in [3.8, 4) is 5.75 Å². The summed E-state index contributed by atoms with van der Waals surface area (Å²) in [7, 11) is 0. The van der Waals surface area contributed by atoms with Crippen LogP contribution in [0, 0.1) is 6.92 Å². The molecule has 0 fully saturated rings. The Labute approximate surface area is 114 Å². The molecule has 0 saturated heterocycles. The molecule has 0 atom stereocenters. The Hall–Kier alpha value is -1.52. The molecular formula is C13H12ClNO2S. The van der Waals surface area contributed by atoms with Crippen LogP contribution in [0.25, 0.3) is 0 Å². The fourth-order valence-corrected chi connectivity index (χ4v) is 2.69. The van der Waals surface area contributed by atoms with Crippen LogP contribution < -0.4 is 5.32 Å². The summed E-state index contributed by atoms with van der Waals surface area (Å²) >= 11 is 7.33. The summed E-state index contributed by atoms with van der Waals surface area (Å²) in [4.78, 5) is 12.4. The maximum atomic E-state index is 11.9. The van der Waals surface area contributed by atoms with Crippen molar-refractivity contribution >= 4 is 28.8 Å². The maximum absolute atomic E-state index is 11.9. The normalized spacial score (nSPS) is 10.3. The van der Waals surface area contributed by atoms with Crippen molar-refractivity contribution in [1.82, 2.24) is 5.32 Å². The van der Waals surface area contributed by atoms with Crippen LogP contribution in [-0.4, -0.2) is 11.0 Å². The molecule has 2 N–H and O–H groups in total. The van der Waals surface area contributed by atoms with Crippen molar-refractivity contribution in [2.45, 2.75) is 13.5 Å². The number of rotatable bonds is 3. The highest BCUT2D eigenvalue weighted by atomic mass is 35.5. The van der Waals surface area contributed by atoms with E-state index in [2.05, 4.69) is 5.32 Å². The first-order valence-electron chi connectivity index (χ1n) is 5.38. The van der Waals surface area contributed by atoms with E-state index >= 15 is 0 Å². The van der Waals surface area contributed by atoms with Crippen molar-refractivity contribution < 1.29 is 9.90 Å². The van der Waals surface area contributed by atoms with Gasteiger partial charge >= 0.3 is 0 Å². The number of halogens is 1. The average Bonchev–Trinajstić information content (AvgIpc) is 2.69. The van der Waals surface area contributed by atoms with E-state index in [-0.39, 0.29) is 18.2 Å². The summed E-state index contributed by atoms with van der Waals surface area (Å²) in [6.45, 7) is 2.14. The van der Waals surface area contributed by atoms with E-state index in [4.69, 9.17) is 11.6 Å². The second kappa shape index (κ2) is 5.42. The van der Waals surface area contributed by atoms with Crippen molar-refractivity contribution in [3.05, 3.63) is 50.7 Å². The monoisotopic (exact) mass is 281 g/mol. The predicted molar refractivity (Wildman–Crippen MR) is 73.3 cm³/mol. The highest BCUT2D eigenvalue weighted by Crippen LogP contribution is 2.27. The van der Waals surface area contributed by atoms with Gasteiger partial charge in [0.2, 0.25) is 0 Å². The van der Waals surface area contributed by atoms with E-state index in [1.165, 1.54) is 11.3 Å². The number of hydrogen-bond donors (Lipinski definition) is 2. The summed E-state index contributed by atoms with van der Waals surface area (Å²) in [6.07, 6.45) is 0. The van der Waals surface area contributed by atoms with Gasteiger partial charge in [0.25, 0.3) is 5.91 Å². The summed E-state index contributed by atoms with van der Waals surface area (Å²) in [6, 6.07) is 6.89. The third-order valence-electron chi connectivity index (χ3n) is 2.54. The highest BCUT2D eigenvalue weighted by Gasteiger charge is 2.14. The molecule has 0 bridgehead atoms. The molecule has 3 nitrogen and oxygen atoms in total. The van der Waals surface area contributed by atoms with E-state index in [0.29, 0.717) is 15.5 Å². The molecule has 2 rings (SSSR count). The van der Waals surface area contributed by atoms with Crippen LogP contribution in [0.3, 0.4) is 0 Å². The van der Waals surface area contributed by atoms with Gasteiger partial charge in [-0.2, -0.15) is 0 Å². The third-order valence-corrected chi connectivity index (χ3v) is 4.23. The van der Waals surface area contributed by atoms with Crippen molar-refractivity contribution in [1.29, 1.82) is 0 Å². The molecule has 1 heterocycles. The minimum absolute atomic E-state index is 0.172. The predicted octanol–water partition coefficient (Wildman–Crippen LogP) is 3.35. The second-order valence-electron chi connectivity index (χ2n) is 3.87. The number of aryl methyl sites for hydroxylation is 1. The largest absolute Gasteiger partial charge is 0.508 e. The lowest BCUT2D eigenvalue weighted by Crippen LogP contribution is -2.22. The topological polar surface area (TPSA) is 49.3 Å². The first kappa shape index (κ1) is 12.9. The Kier molecular flexibility index (Phi) is 3.89. The number of thiophene rings is 1. The Bertz CT molecular complexity index is 580. The lowest BCUT2D eigenvalue weighted by molar-refractivity contribution is 0.0955. The second-order valence-corrected chi connectivity index (χ2v) is 5.13. The third kappa shape index (κ3) is 2.66. The molecule has 0 aliphatic heterocycles. The zero-order valence-corrected chi connectivity index (χ0v) is 11.3. The molecule has 0 saturated carbocycles. The van der Waals surface area contributed by atoms with Crippen LogP contribution >= 0.6 is 22.9 Å². The summed E-state index contributed by atoms with van der Waals surface area (Å²) in [5, 5.41) is 14.7. The van der Waals surface area contributed by atoms with Gasteiger partial charge in [0.1, 0.15) is 10.6 Å². The van der Waals surface area contributed by atoms with Gasteiger partial charge in [-0.25, -0.2) is 0 Å². The number of amides is 1. The first-order chi connectivity index (χ1) is 8.59. The molecule has 1 aromatic heterocycles. The van der Waals surface area contributed by atoms with Gasteiger partial charge in [-0.15, -0.1) is 11.3 Å². The Morgan fingerprint density at radius 2 is 2.17 bits per heavy atom. The molecule has 0 aliphatic rings. The molecule has 5 heteroatoms. The van der Waals surface area contributed by atoms with Crippen LogP contribution in [0.2, 0.25) is 5.02 Å². The standard InChI is InChI=1S/C13H12ClNO2S/c1-8-7-18-12(11(8)14)13(17)15-6-9-4-2-3-5-10(9)16/h2-5,7,16H,6H2,1H3,(H,15,17). The van der Waals surface area contributed by atoms with E-state index in [1.807, 2.05) is 18.4 Å². The minimum atomic E-state index is -0.221. The molecule has 1 amide bonds. The lowest BCUT2D eigenvalue weighted by atomic mass is 10.2. The Morgan fingerprint density at radius 1 is 1.44 bits per heavy atom. The molecular weight excluding hydrogens is 270 g/mol. The van der Waals surface area contributed by atoms with Gasteiger partial charge in [0.05, 0.1) is 5.02 Å². The molecule has 94 valence electrons. The fraction of sp³-hybridized carbons (Fsp3) is 0.154. The number of benzene rings is 1. The van der Waals surface area contributed by atoms with Crippen LogP contribution in [0.5, 0.6) is 5.75 Å².